The number of hydrogen-bond acceptors (Lipinski definition) is 5. The Bertz CT molecular complexity index is 891. The minimum atomic E-state index is -0.214. The van der Waals surface area contributed by atoms with Crippen molar-refractivity contribution in [2.75, 3.05) is 26.2 Å². The number of amides is 2. The Morgan fingerprint density at radius 1 is 1.30 bits per heavy atom. The van der Waals surface area contributed by atoms with E-state index in [2.05, 4.69) is 10.1 Å². The third-order valence-corrected chi connectivity index (χ3v) is 5.78. The second-order valence-electron chi connectivity index (χ2n) is 7.55. The van der Waals surface area contributed by atoms with E-state index in [1.165, 1.54) is 0 Å². The quantitative estimate of drug-likeness (QED) is 0.804. The molecule has 1 unspecified atom stereocenters. The lowest BCUT2D eigenvalue weighted by molar-refractivity contribution is -0.143. The van der Waals surface area contributed by atoms with Crippen LogP contribution < -0.4 is 0 Å². The fourth-order valence-corrected chi connectivity index (χ4v) is 4.36. The average Bonchev–Trinajstić information content (AvgIpc) is 3.17. The van der Waals surface area contributed by atoms with Crippen LogP contribution in [0.3, 0.4) is 0 Å². The standard InChI is InChI=1S/C19H21ClN4O3/c1-12-21-18(27-22-12)16-8-23(13(2)25)9-19(16)10-24(11-19)17(26)7-14-4-3-5-15(20)6-14/h3-6,16H,7-11H2,1-2H3. The lowest BCUT2D eigenvalue weighted by atomic mass is 9.71. The molecular formula is C19H21ClN4O3. The van der Waals surface area contributed by atoms with Crippen molar-refractivity contribution < 1.29 is 14.1 Å². The van der Waals surface area contributed by atoms with Crippen molar-refractivity contribution in [2.45, 2.75) is 26.2 Å². The van der Waals surface area contributed by atoms with Crippen LogP contribution in [0.2, 0.25) is 5.02 Å². The number of rotatable bonds is 3. The molecule has 0 aliphatic carbocycles. The van der Waals surface area contributed by atoms with Gasteiger partial charge in [0.15, 0.2) is 5.82 Å². The molecule has 2 amide bonds. The first-order chi connectivity index (χ1) is 12.9. The predicted molar refractivity (Wildman–Crippen MR) is 98.2 cm³/mol. The van der Waals surface area contributed by atoms with Crippen molar-refractivity contribution in [3.63, 3.8) is 0 Å². The van der Waals surface area contributed by atoms with E-state index in [1.807, 2.05) is 28.0 Å². The van der Waals surface area contributed by atoms with Gasteiger partial charge in [0, 0.05) is 43.5 Å². The average molecular weight is 389 g/mol. The van der Waals surface area contributed by atoms with Crippen LogP contribution in [0.1, 0.15) is 30.1 Å². The van der Waals surface area contributed by atoms with Gasteiger partial charge < -0.3 is 14.3 Å². The normalized spacial score (nSPS) is 20.8. The number of aryl methyl sites for hydroxylation is 1. The Morgan fingerprint density at radius 2 is 2.04 bits per heavy atom. The lowest BCUT2D eigenvalue weighted by Gasteiger charge is -2.50. The maximum absolute atomic E-state index is 12.7. The van der Waals surface area contributed by atoms with Crippen molar-refractivity contribution in [2.24, 2.45) is 5.41 Å². The number of halogens is 1. The van der Waals surface area contributed by atoms with E-state index in [0.29, 0.717) is 49.3 Å². The number of aromatic nitrogens is 2. The number of nitrogens with zero attached hydrogens (tertiary/aromatic N) is 4. The summed E-state index contributed by atoms with van der Waals surface area (Å²) in [4.78, 5) is 32.6. The van der Waals surface area contributed by atoms with Crippen LogP contribution in [-0.4, -0.2) is 57.9 Å². The summed E-state index contributed by atoms with van der Waals surface area (Å²) in [6.07, 6.45) is 0.317. The molecule has 1 aromatic heterocycles. The van der Waals surface area contributed by atoms with Gasteiger partial charge in [-0.3, -0.25) is 9.59 Å². The van der Waals surface area contributed by atoms with Crippen molar-refractivity contribution in [3.8, 4) is 0 Å². The molecule has 2 aliphatic rings. The van der Waals surface area contributed by atoms with Gasteiger partial charge in [0.25, 0.3) is 0 Å². The second-order valence-corrected chi connectivity index (χ2v) is 7.99. The summed E-state index contributed by atoms with van der Waals surface area (Å²) < 4.78 is 5.39. The molecule has 0 saturated carbocycles. The van der Waals surface area contributed by atoms with Crippen LogP contribution in [0.25, 0.3) is 0 Å². The molecule has 27 heavy (non-hydrogen) atoms. The Morgan fingerprint density at radius 3 is 2.67 bits per heavy atom. The Kier molecular flexibility index (Phi) is 4.42. The van der Waals surface area contributed by atoms with Gasteiger partial charge in [-0.25, -0.2) is 0 Å². The highest BCUT2D eigenvalue weighted by Crippen LogP contribution is 2.48. The van der Waals surface area contributed by atoms with Crippen LogP contribution in [0, 0.1) is 12.3 Å². The third kappa shape index (κ3) is 3.32. The number of benzene rings is 1. The van der Waals surface area contributed by atoms with E-state index in [-0.39, 0.29) is 23.1 Å². The smallest absolute Gasteiger partial charge is 0.232 e. The highest BCUT2D eigenvalue weighted by molar-refractivity contribution is 6.30. The maximum Gasteiger partial charge on any atom is 0.232 e. The van der Waals surface area contributed by atoms with E-state index in [4.69, 9.17) is 16.1 Å². The Labute approximate surface area is 162 Å². The molecule has 7 nitrogen and oxygen atoms in total. The summed E-state index contributed by atoms with van der Waals surface area (Å²) in [5.41, 5.74) is 0.684. The van der Waals surface area contributed by atoms with E-state index in [1.54, 1.807) is 19.9 Å². The highest BCUT2D eigenvalue weighted by Gasteiger charge is 2.58. The molecule has 142 valence electrons. The molecule has 2 aliphatic heterocycles. The Hall–Kier alpha value is -2.41. The van der Waals surface area contributed by atoms with E-state index >= 15 is 0 Å². The molecule has 2 aromatic rings. The fourth-order valence-electron chi connectivity index (χ4n) is 4.15. The predicted octanol–water partition coefficient (Wildman–Crippen LogP) is 2.05. The van der Waals surface area contributed by atoms with Crippen LogP contribution >= 0.6 is 11.6 Å². The maximum atomic E-state index is 12.7. The SMILES string of the molecule is CC(=O)N1CC(c2nc(C)no2)C2(C1)CN(C(=O)Cc1cccc(Cl)c1)C2. The number of carbonyl (C=O) groups excluding carboxylic acids is 2. The van der Waals surface area contributed by atoms with Crippen LogP contribution in [-0.2, 0) is 16.0 Å². The van der Waals surface area contributed by atoms with E-state index in [0.717, 1.165) is 5.56 Å². The molecule has 4 rings (SSSR count). The number of likely N-dealkylation sites (tertiary alicyclic amines) is 2. The van der Waals surface area contributed by atoms with Gasteiger partial charge in [-0.15, -0.1) is 0 Å². The molecule has 0 radical (unpaired) electrons. The van der Waals surface area contributed by atoms with Gasteiger partial charge in [0.1, 0.15) is 0 Å². The fraction of sp³-hybridized carbons (Fsp3) is 0.474. The monoisotopic (exact) mass is 388 g/mol. The molecule has 2 saturated heterocycles. The van der Waals surface area contributed by atoms with Crippen molar-refractivity contribution >= 4 is 23.4 Å². The largest absolute Gasteiger partial charge is 0.341 e. The minimum Gasteiger partial charge on any atom is -0.341 e. The molecule has 0 bridgehead atoms. The molecule has 1 spiro atoms. The van der Waals surface area contributed by atoms with Crippen molar-refractivity contribution in [1.82, 2.24) is 19.9 Å². The molecule has 1 aromatic carbocycles. The van der Waals surface area contributed by atoms with Gasteiger partial charge in [0.05, 0.1) is 12.3 Å². The summed E-state index contributed by atoms with van der Waals surface area (Å²) in [5, 5.41) is 4.52. The Balaban J connectivity index is 1.48. The van der Waals surface area contributed by atoms with Gasteiger partial charge in [0.2, 0.25) is 17.7 Å². The van der Waals surface area contributed by atoms with Crippen molar-refractivity contribution in [1.29, 1.82) is 0 Å². The topological polar surface area (TPSA) is 79.5 Å². The summed E-state index contributed by atoms with van der Waals surface area (Å²) in [6.45, 7) is 5.67. The van der Waals surface area contributed by atoms with Crippen LogP contribution in [0.5, 0.6) is 0 Å². The molecule has 1 atom stereocenters. The molecule has 8 heteroatoms. The lowest BCUT2D eigenvalue weighted by Crippen LogP contribution is -2.62. The summed E-state index contributed by atoms with van der Waals surface area (Å²) in [5.74, 6) is 1.17. The summed E-state index contributed by atoms with van der Waals surface area (Å²) >= 11 is 6.00. The highest BCUT2D eigenvalue weighted by atomic mass is 35.5. The molecule has 2 fully saturated rings. The number of hydrogen-bond donors (Lipinski definition) is 0. The summed E-state index contributed by atoms with van der Waals surface area (Å²) in [7, 11) is 0. The zero-order chi connectivity index (χ0) is 19.2. The minimum absolute atomic E-state index is 0.0248. The van der Waals surface area contributed by atoms with Gasteiger partial charge in [-0.2, -0.15) is 4.98 Å². The summed E-state index contributed by atoms with van der Waals surface area (Å²) in [6, 6.07) is 7.35. The zero-order valence-electron chi connectivity index (χ0n) is 15.3. The first-order valence-electron chi connectivity index (χ1n) is 8.94. The van der Waals surface area contributed by atoms with Gasteiger partial charge in [-0.05, 0) is 24.6 Å². The second kappa shape index (κ2) is 6.64. The van der Waals surface area contributed by atoms with Gasteiger partial charge in [-0.1, -0.05) is 28.9 Å². The van der Waals surface area contributed by atoms with Crippen molar-refractivity contribution in [3.05, 3.63) is 46.6 Å². The number of carbonyl (C=O) groups is 2. The molecule has 0 N–H and O–H groups in total. The first kappa shape index (κ1) is 18.0. The third-order valence-electron chi connectivity index (χ3n) is 5.54. The molecular weight excluding hydrogens is 368 g/mol. The first-order valence-corrected chi connectivity index (χ1v) is 9.32. The van der Waals surface area contributed by atoms with Gasteiger partial charge >= 0.3 is 0 Å². The molecule has 3 heterocycles. The van der Waals surface area contributed by atoms with Crippen LogP contribution in [0.4, 0.5) is 0 Å². The van der Waals surface area contributed by atoms with E-state index in [9.17, 15) is 9.59 Å². The zero-order valence-corrected chi connectivity index (χ0v) is 16.1. The van der Waals surface area contributed by atoms with E-state index < -0.39 is 0 Å². The van der Waals surface area contributed by atoms with Crippen LogP contribution in [0.15, 0.2) is 28.8 Å².